The first kappa shape index (κ1) is 32.0. The van der Waals surface area contributed by atoms with E-state index < -0.39 is 58.8 Å². The molecule has 10 heteroatoms. The predicted octanol–water partition coefficient (Wildman–Crippen LogP) is 3.55. The largest absolute Gasteiger partial charge is 0.444 e. The average molecular weight is 564 g/mol. The normalized spacial score (nSPS) is 31.2. The van der Waals surface area contributed by atoms with Gasteiger partial charge in [0.25, 0.3) is 0 Å². The highest BCUT2D eigenvalue weighted by Gasteiger charge is 2.70. The fraction of sp³-hybridized carbons (Fsp3) is 0.833. The molecule has 0 bridgehead atoms. The van der Waals surface area contributed by atoms with Crippen molar-refractivity contribution in [2.24, 2.45) is 17.3 Å². The summed E-state index contributed by atoms with van der Waals surface area (Å²) in [5.41, 5.74) is -2.01. The van der Waals surface area contributed by atoms with Gasteiger partial charge < -0.3 is 25.0 Å². The average Bonchev–Trinajstić information content (AvgIpc) is 3.15. The van der Waals surface area contributed by atoms with E-state index in [1.807, 2.05) is 0 Å². The summed E-state index contributed by atoms with van der Waals surface area (Å²) in [5, 5.41) is 5.58. The number of Topliss-reactive ketones (excluding diaryl/α,β-unsaturated/α-hetero) is 2. The third kappa shape index (κ3) is 7.42. The van der Waals surface area contributed by atoms with Gasteiger partial charge in [-0.1, -0.05) is 46.0 Å². The van der Waals surface area contributed by atoms with Gasteiger partial charge in [-0.2, -0.15) is 0 Å². The lowest BCUT2D eigenvalue weighted by molar-refractivity contribution is -0.149. The van der Waals surface area contributed by atoms with Crippen molar-refractivity contribution in [1.82, 2.24) is 15.5 Å². The Balaban J connectivity index is 1.96. The van der Waals surface area contributed by atoms with Crippen LogP contribution in [-0.4, -0.2) is 76.9 Å². The fourth-order valence-electron chi connectivity index (χ4n) is 6.28. The Hall–Kier alpha value is -2.49. The second kappa shape index (κ2) is 12.2. The van der Waals surface area contributed by atoms with Crippen LogP contribution in [0.25, 0.3) is 0 Å². The Morgan fingerprint density at radius 2 is 1.60 bits per heavy atom. The van der Waals surface area contributed by atoms with Gasteiger partial charge in [-0.25, -0.2) is 4.79 Å². The molecule has 5 atom stereocenters. The van der Waals surface area contributed by atoms with Crippen LogP contribution in [0.3, 0.4) is 0 Å². The number of amides is 3. The van der Waals surface area contributed by atoms with Crippen LogP contribution in [0, 0.1) is 17.3 Å². The molecule has 2 aliphatic heterocycles. The maximum Gasteiger partial charge on any atom is 0.408 e. The first-order valence-corrected chi connectivity index (χ1v) is 14.8. The molecule has 226 valence electrons. The van der Waals surface area contributed by atoms with Crippen molar-refractivity contribution in [3.05, 3.63) is 0 Å². The van der Waals surface area contributed by atoms with E-state index in [-0.39, 0.29) is 17.3 Å². The zero-order chi connectivity index (χ0) is 30.0. The van der Waals surface area contributed by atoms with Crippen LogP contribution in [0.2, 0.25) is 0 Å². The summed E-state index contributed by atoms with van der Waals surface area (Å²) in [6.07, 6.45) is 4.91. The first-order valence-electron chi connectivity index (χ1n) is 14.8. The summed E-state index contributed by atoms with van der Waals surface area (Å²) in [7, 11) is 0. The standard InChI is InChI=1S/C30H49N3O7/c1-18(34)23(35)20-15-13-11-9-10-12-14-16-39-30(7,8)24(32-27(38)40-28(2,3)4)26(37)33-17-19-21(29(19,5)6)22(33)25(36)31-20/h19-22,24H,9-17H2,1-8H3,(H,31,36)(H,32,38)/t19?,20-,21?,22-,24+/m0/s1. The van der Waals surface area contributed by atoms with Crippen molar-refractivity contribution >= 4 is 29.5 Å². The van der Waals surface area contributed by atoms with Crippen molar-refractivity contribution in [1.29, 1.82) is 0 Å². The van der Waals surface area contributed by atoms with Crippen LogP contribution in [0.5, 0.6) is 0 Å². The van der Waals surface area contributed by atoms with Crippen LogP contribution in [0.1, 0.15) is 100 Å². The minimum absolute atomic E-state index is 0.0992. The Bertz CT molecular complexity index is 1000. The molecule has 2 unspecified atom stereocenters. The quantitative estimate of drug-likeness (QED) is 0.502. The number of alkyl carbamates (subject to hydrolysis) is 1. The third-order valence-corrected chi connectivity index (χ3v) is 8.70. The minimum atomic E-state index is -1.11. The Morgan fingerprint density at radius 3 is 2.20 bits per heavy atom. The Labute approximate surface area is 238 Å². The van der Waals surface area contributed by atoms with Crippen LogP contribution in [0.15, 0.2) is 0 Å². The van der Waals surface area contributed by atoms with Gasteiger partial charge in [-0.3, -0.25) is 19.2 Å². The van der Waals surface area contributed by atoms with E-state index in [9.17, 15) is 24.0 Å². The van der Waals surface area contributed by atoms with E-state index in [0.29, 0.717) is 26.0 Å². The highest BCUT2D eigenvalue weighted by atomic mass is 16.6. The molecule has 0 aromatic rings. The molecule has 3 rings (SSSR count). The van der Waals surface area contributed by atoms with Gasteiger partial charge in [0, 0.05) is 20.1 Å². The number of rotatable bonds is 3. The summed E-state index contributed by atoms with van der Waals surface area (Å²) in [6, 6.07) is -2.86. The second-order valence-corrected chi connectivity index (χ2v) is 13.8. The molecule has 0 spiro atoms. The molecule has 3 aliphatic rings. The fourth-order valence-corrected chi connectivity index (χ4v) is 6.28. The number of nitrogens with one attached hydrogen (secondary N) is 2. The summed E-state index contributed by atoms with van der Waals surface area (Å²) in [4.78, 5) is 67.2. The highest BCUT2D eigenvalue weighted by molar-refractivity contribution is 6.38. The molecular weight excluding hydrogens is 514 g/mol. The molecule has 40 heavy (non-hydrogen) atoms. The number of hydrogen-bond acceptors (Lipinski definition) is 7. The lowest BCUT2D eigenvalue weighted by Crippen LogP contribution is -2.63. The van der Waals surface area contributed by atoms with Crippen LogP contribution in [-0.2, 0) is 28.7 Å². The number of piperidine rings is 1. The molecular formula is C30H49N3O7. The molecule has 1 saturated carbocycles. The lowest BCUT2D eigenvalue weighted by atomic mass is 9.94. The summed E-state index contributed by atoms with van der Waals surface area (Å²) in [5.74, 6) is -2.08. The number of ether oxygens (including phenoxy) is 2. The predicted molar refractivity (Wildman–Crippen MR) is 149 cm³/mol. The molecule has 3 fully saturated rings. The molecule has 1 aliphatic carbocycles. The van der Waals surface area contributed by atoms with Crippen LogP contribution >= 0.6 is 0 Å². The Kier molecular flexibility index (Phi) is 9.74. The van der Waals surface area contributed by atoms with Crippen molar-refractivity contribution < 1.29 is 33.4 Å². The monoisotopic (exact) mass is 563 g/mol. The van der Waals surface area contributed by atoms with E-state index >= 15 is 0 Å². The maximum absolute atomic E-state index is 14.2. The van der Waals surface area contributed by atoms with E-state index in [0.717, 1.165) is 32.1 Å². The molecule has 2 heterocycles. The van der Waals surface area contributed by atoms with E-state index in [1.165, 1.54) is 11.8 Å². The molecule has 2 saturated heterocycles. The van der Waals surface area contributed by atoms with Gasteiger partial charge in [-0.15, -0.1) is 0 Å². The number of fused-ring (bicyclic) bond motifs is 3. The Morgan fingerprint density at radius 1 is 1.00 bits per heavy atom. The van der Waals surface area contributed by atoms with Gasteiger partial charge in [0.05, 0.1) is 11.6 Å². The molecule has 2 N–H and O–H groups in total. The lowest BCUT2D eigenvalue weighted by Gasteiger charge is -2.39. The van der Waals surface area contributed by atoms with E-state index in [1.54, 1.807) is 34.6 Å². The molecule has 0 aromatic heterocycles. The smallest absolute Gasteiger partial charge is 0.408 e. The third-order valence-electron chi connectivity index (χ3n) is 8.70. The van der Waals surface area contributed by atoms with Gasteiger partial charge in [0.2, 0.25) is 17.6 Å². The van der Waals surface area contributed by atoms with Crippen LogP contribution < -0.4 is 10.6 Å². The van der Waals surface area contributed by atoms with Crippen molar-refractivity contribution in [2.45, 2.75) is 130 Å². The summed E-state index contributed by atoms with van der Waals surface area (Å²) < 4.78 is 11.7. The second-order valence-electron chi connectivity index (χ2n) is 13.8. The minimum Gasteiger partial charge on any atom is -0.444 e. The molecule has 10 nitrogen and oxygen atoms in total. The van der Waals surface area contributed by atoms with Gasteiger partial charge in [0.1, 0.15) is 17.7 Å². The van der Waals surface area contributed by atoms with E-state index in [4.69, 9.17) is 9.47 Å². The molecule has 3 amide bonds. The number of hydrogen-bond donors (Lipinski definition) is 2. The van der Waals surface area contributed by atoms with Crippen LogP contribution in [0.4, 0.5) is 4.79 Å². The number of ketones is 2. The van der Waals surface area contributed by atoms with Crippen molar-refractivity contribution in [3.8, 4) is 0 Å². The van der Waals surface area contributed by atoms with Crippen molar-refractivity contribution in [2.75, 3.05) is 13.2 Å². The zero-order valence-electron chi connectivity index (χ0n) is 25.6. The number of nitrogens with zero attached hydrogens (tertiary/aromatic N) is 1. The zero-order valence-corrected chi connectivity index (χ0v) is 25.6. The summed E-state index contributed by atoms with van der Waals surface area (Å²) in [6.45, 7) is 14.9. The molecule has 0 aromatic carbocycles. The number of carbonyl (C=O) groups excluding carboxylic acids is 5. The van der Waals surface area contributed by atoms with Crippen molar-refractivity contribution in [3.63, 3.8) is 0 Å². The summed E-state index contributed by atoms with van der Waals surface area (Å²) >= 11 is 0. The number of carbonyl (C=O) groups is 5. The SMILES string of the molecule is CC(=O)C(=O)[C@@H]1CCCCCCCCOC(C)(C)[C@H](NC(=O)OC(C)(C)C)C(=O)N2CC3C([C@H]2C(=O)N1)C3(C)C. The van der Waals surface area contributed by atoms with E-state index in [2.05, 4.69) is 24.5 Å². The van der Waals surface area contributed by atoms with Gasteiger partial charge >= 0.3 is 6.09 Å². The molecule has 0 radical (unpaired) electrons. The maximum atomic E-state index is 14.2. The highest BCUT2D eigenvalue weighted by Crippen LogP contribution is 2.65. The topological polar surface area (TPSA) is 131 Å². The first-order chi connectivity index (χ1) is 18.5. The van der Waals surface area contributed by atoms with Gasteiger partial charge in [-0.05, 0) is 64.7 Å². The van der Waals surface area contributed by atoms with Gasteiger partial charge in [0.15, 0.2) is 5.78 Å².